The van der Waals surface area contributed by atoms with Crippen LogP contribution in [0.1, 0.15) is 70.3 Å². The van der Waals surface area contributed by atoms with E-state index in [-0.39, 0.29) is 0 Å². The summed E-state index contributed by atoms with van der Waals surface area (Å²) in [6, 6.07) is 10.0. The average Bonchev–Trinajstić information content (AvgIpc) is 2.47. The largest absolute Gasteiger partial charge is 0.497 e. The van der Waals surface area contributed by atoms with E-state index in [1.54, 1.807) is 7.11 Å². The maximum Gasteiger partial charge on any atom is 0.119 e. The molecule has 1 aliphatic carbocycles. The molecule has 2 heteroatoms. The van der Waals surface area contributed by atoms with Crippen molar-refractivity contribution in [2.75, 3.05) is 7.11 Å². The van der Waals surface area contributed by atoms with Crippen molar-refractivity contribution in [3.63, 3.8) is 0 Å². The molecule has 1 saturated carbocycles. The minimum Gasteiger partial charge on any atom is -0.497 e. The van der Waals surface area contributed by atoms with Crippen LogP contribution in [0.4, 0.5) is 0 Å². The van der Waals surface area contributed by atoms with Crippen LogP contribution in [0.3, 0.4) is 0 Å². The highest BCUT2D eigenvalue weighted by Gasteiger charge is 2.31. The van der Waals surface area contributed by atoms with Gasteiger partial charge in [0.05, 0.1) is 7.11 Å². The van der Waals surface area contributed by atoms with E-state index in [0.29, 0.717) is 5.92 Å². The first-order chi connectivity index (χ1) is 10.3. The second kappa shape index (κ2) is 8.43. The molecule has 2 rings (SSSR count). The van der Waals surface area contributed by atoms with E-state index < -0.39 is 0 Å². The molecule has 0 aliphatic heterocycles. The predicted octanol–water partition coefficient (Wildman–Crippen LogP) is 4.89. The van der Waals surface area contributed by atoms with Crippen LogP contribution in [-0.2, 0) is 0 Å². The Kier molecular flexibility index (Phi) is 6.56. The number of hydrogen-bond donors (Lipinski definition) is 1. The molecule has 118 valence electrons. The topological polar surface area (TPSA) is 21.3 Å². The molecule has 0 radical (unpaired) electrons. The van der Waals surface area contributed by atoms with Gasteiger partial charge in [0.1, 0.15) is 5.75 Å². The lowest BCUT2D eigenvalue weighted by atomic mass is 9.75. The molecule has 0 spiro atoms. The summed E-state index contributed by atoms with van der Waals surface area (Å²) in [6.45, 7) is 4.58. The summed E-state index contributed by atoms with van der Waals surface area (Å²) in [4.78, 5) is 0. The van der Waals surface area contributed by atoms with Gasteiger partial charge in [-0.05, 0) is 49.3 Å². The Bertz CT molecular complexity index is 412. The summed E-state index contributed by atoms with van der Waals surface area (Å²) in [6.07, 6.45) is 9.15. The van der Waals surface area contributed by atoms with Gasteiger partial charge in [-0.3, -0.25) is 0 Å². The van der Waals surface area contributed by atoms with Crippen molar-refractivity contribution in [2.45, 2.75) is 76.8 Å². The molecule has 1 N–H and O–H groups in total. The SMILES string of the molecule is CCCCC(CCC)NC1CC(c2cccc(OC)c2)C1. The van der Waals surface area contributed by atoms with E-state index in [1.165, 1.54) is 50.5 Å². The summed E-state index contributed by atoms with van der Waals surface area (Å²) >= 11 is 0. The van der Waals surface area contributed by atoms with E-state index in [9.17, 15) is 0 Å². The smallest absolute Gasteiger partial charge is 0.119 e. The molecular formula is C19H31NO. The first kappa shape index (κ1) is 16.4. The molecule has 0 amide bonds. The zero-order valence-corrected chi connectivity index (χ0v) is 13.9. The van der Waals surface area contributed by atoms with Gasteiger partial charge >= 0.3 is 0 Å². The van der Waals surface area contributed by atoms with Crippen molar-refractivity contribution in [3.05, 3.63) is 29.8 Å². The molecule has 2 nitrogen and oxygen atoms in total. The molecule has 1 unspecified atom stereocenters. The second-order valence-electron chi connectivity index (χ2n) is 6.44. The van der Waals surface area contributed by atoms with E-state index >= 15 is 0 Å². The van der Waals surface area contributed by atoms with Gasteiger partial charge in [0.25, 0.3) is 0 Å². The Balaban J connectivity index is 1.79. The Morgan fingerprint density at radius 2 is 2.00 bits per heavy atom. The van der Waals surface area contributed by atoms with Gasteiger partial charge < -0.3 is 10.1 Å². The zero-order valence-electron chi connectivity index (χ0n) is 13.9. The third kappa shape index (κ3) is 4.74. The first-order valence-corrected chi connectivity index (χ1v) is 8.66. The summed E-state index contributed by atoms with van der Waals surface area (Å²) in [5.74, 6) is 1.70. The fraction of sp³-hybridized carbons (Fsp3) is 0.684. The van der Waals surface area contributed by atoms with Gasteiger partial charge in [-0.1, -0.05) is 45.2 Å². The van der Waals surface area contributed by atoms with Gasteiger partial charge in [-0.2, -0.15) is 0 Å². The summed E-state index contributed by atoms with van der Waals surface area (Å²) < 4.78 is 5.33. The highest BCUT2D eigenvalue weighted by atomic mass is 16.5. The van der Waals surface area contributed by atoms with E-state index in [4.69, 9.17) is 4.74 Å². The van der Waals surface area contributed by atoms with Crippen LogP contribution in [0.2, 0.25) is 0 Å². The van der Waals surface area contributed by atoms with Gasteiger partial charge in [0.2, 0.25) is 0 Å². The number of rotatable bonds is 9. The van der Waals surface area contributed by atoms with Crippen LogP contribution in [0.25, 0.3) is 0 Å². The fourth-order valence-electron chi connectivity index (χ4n) is 3.36. The van der Waals surface area contributed by atoms with Crippen LogP contribution in [0, 0.1) is 0 Å². The predicted molar refractivity (Wildman–Crippen MR) is 90.1 cm³/mol. The van der Waals surface area contributed by atoms with Gasteiger partial charge in [-0.15, -0.1) is 0 Å². The van der Waals surface area contributed by atoms with Gasteiger partial charge in [0, 0.05) is 12.1 Å². The Morgan fingerprint density at radius 1 is 1.19 bits per heavy atom. The molecule has 0 saturated heterocycles. The molecule has 1 aliphatic rings. The van der Waals surface area contributed by atoms with Crippen LogP contribution < -0.4 is 10.1 Å². The lowest BCUT2D eigenvalue weighted by Gasteiger charge is -2.39. The minimum absolute atomic E-state index is 0.714. The minimum atomic E-state index is 0.714. The molecule has 0 bridgehead atoms. The molecule has 1 aromatic rings. The number of unbranched alkanes of at least 4 members (excludes halogenated alkanes) is 1. The summed E-state index contributed by atoms with van der Waals surface area (Å²) in [7, 11) is 1.74. The molecule has 1 aromatic carbocycles. The lowest BCUT2D eigenvalue weighted by Crippen LogP contribution is -2.45. The Hall–Kier alpha value is -1.02. The van der Waals surface area contributed by atoms with Crippen LogP contribution >= 0.6 is 0 Å². The lowest BCUT2D eigenvalue weighted by molar-refractivity contribution is 0.250. The number of nitrogens with one attached hydrogen (secondary N) is 1. The number of methoxy groups -OCH3 is 1. The highest BCUT2D eigenvalue weighted by molar-refractivity contribution is 5.32. The van der Waals surface area contributed by atoms with Crippen molar-refractivity contribution in [2.24, 2.45) is 0 Å². The third-order valence-corrected chi connectivity index (χ3v) is 4.72. The monoisotopic (exact) mass is 289 g/mol. The quantitative estimate of drug-likeness (QED) is 0.699. The number of hydrogen-bond acceptors (Lipinski definition) is 2. The zero-order chi connectivity index (χ0) is 15.1. The van der Waals surface area contributed by atoms with Crippen molar-refractivity contribution in [1.29, 1.82) is 0 Å². The summed E-state index contributed by atoms with van der Waals surface area (Å²) in [5, 5.41) is 3.89. The number of ether oxygens (including phenoxy) is 1. The third-order valence-electron chi connectivity index (χ3n) is 4.72. The Morgan fingerprint density at radius 3 is 2.67 bits per heavy atom. The molecule has 21 heavy (non-hydrogen) atoms. The molecule has 1 fully saturated rings. The normalized spacial score (nSPS) is 22.6. The number of benzene rings is 1. The fourth-order valence-corrected chi connectivity index (χ4v) is 3.36. The average molecular weight is 289 g/mol. The van der Waals surface area contributed by atoms with Crippen molar-refractivity contribution >= 4 is 0 Å². The van der Waals surface area contributed by atoms with Crippen molar-refractivity contribution in [1.82, 2.24) is 5.32 Å². The van der Waals surface area contributed by atoms with E-state index in [2.05, 4.69) is 37.4 Å². The van der Waals surface area contributed by atoms with Crippen LogP contribution in [-0.4, -0.2) is 19.2 Å². The first-order valence-electron chi connectivity index (χ1n) is 8.66. The summed E-state index contributed by atoms with van der Waals surface area (Å²) in [5.41, 5.74) is 1.44. The van der Waals surface area contributed by atoms with Crippen LogP contribution in [0.5, 0.6) is 5.75 Å². The van der Waals surface area contributed by atoms with Gasteiger partial charge in [0.15, 0.2) is 0 Å². The van der Waals surface area contributed by atoms with Gasteiger partial charge in [-0.25, -0.2) is 0 Å². The maximum atomic E-state index is 5.33. The molecule has 0 heterocycles. The maximum absolute atomic E-state index is 5.33. The second-order valence-corrected chi connectivity index (χ2v) is 6.44. The van der Waals surface area contributed by atoms with E-state index in [0.717, 1.165) is 17.8 Å². The standard InChI is InChI=1S/C19H31NO/c1-4-6-10-17(8-5-2)20-18-12-16(13-18)15-9-7-11-19(14-15)21-3/h7,9,11,14,16-18,20H,4-6,8,10,12-13H2,1-3H3. The highest BCUT2D eigenvalue weighted by Crippen LogP contribution is 2.38. The molecule has 0 aromatic heterocycles. The van der Waals surface area contributed by atoms with E-state index in [1.807, 2.05) is 6.07 Å². The van der Waals surface area contributed by atoms with Crippen molar-refractivity contribution < 1.29 is 4.74 Å². The molecule has 1 atom stereocenters. The molecular weight excluding hydrogens is 258 g/mol. The van der Waals surface area contributed by atoms with Crippen molar-refractivity contribution in [3.8, 4) is 5.75 Å². The Labute approximate surface area is 130 Å². The van der Waals surface area contributed by atoms with Crippen LogP contribution in [0.15, 0.2) is 24.3 Å².